The standard InChI is InChI=1S/C17H30N4O3S/c1-12(2)17-14(6-5-8-24-17)21-16-10-15(18-11-19-16)20-13(3)7-9-25(4,22)23/h10-14,17H,5-9H2,1-4H3,(H2,18,19,20,21)/t13-,14+,17+/m1/s1. The Balaban J connectivity index is 1.96. The molecule has 1 saturated heterocycles. The molecule has 1 aliphatic rings. The molecule has 7 nitrogen and oxygen atoms in total. The van der Waals surface area contributed by atoms with Crippen LogP contribution in [0.4, 0.5) is 11.6 Å². The van der Waals surface area contributed by atoms with E-state index in [-0.39, 0.29) is 23.9 Å². The van der Waals surface area contributed by atoms with Crippen LogP contribution in [0.25, 0.3) is 0 Å². The Hall–Kier alpha value is -1.41. The number of rotatable bonds is 8. The maximum Gasteiger partial charge on any atom is 0.147 e. The van der Waals surface area contributed by atoms with Crippen molar-refractivity contribution in [2.45, 2.75) is 58.2 Å². The van der Waals surface area contributed by atoms with Crippen molar-refractivity contribution in [3.63, 3.8) is 0 Å². The van der Waals surface area contributed by atoms with Crippen LogP contribution in [0, 0.1) is 5.92 Å². The molecular formula is C17H30N4O3S. The largest absolute Gasteiger partial charge is 0.376 e. The molecule has 0 aromatic carbocycles. The number of aromatic nitrogens is 2. The molecule has 2 N–H and O–H groups in total. The van der Waals surface area contributed by atoms with E-state index in [2.05, 4.69) is 34.4 Å². The number of sulfone groups is 1. The highest BCUT2D eigenvalue weighted by molar-refractivity contribution is 7.90. The van der Waals surface area contributed by atoms with Gasteiger partial charge < -0.3 is 15.4 Å². The average Bonchev–Trinajstić information content (AvgIpc) is 2.53. The molecule has 0 aliphatic carbocycles. The first kappa shape index (κ1) is 19.9. The molecule has 0 saturated carbocycles. The third-order valence-electron chi connectivity index (χ3n) is 4.34. The summed E-state index contributed by atoms with van der Waals surface area (Å²) in [4.78, 5) is 8.53. The van der Waals surface area contributed by atoms with Crippen LogP contribution in [0.15, 0.2) is 12.4 Å². The molecule has 0 radical (unpaired) electrons. The van der Waals surface area contributed by atoms with Crippen LogP contribution >= 0.6 is 0 Å². The summed E-state index contributed by atoms with van der Waals surface area (Å²) in [6, 6.07) is 2.11. The minimum atomic E-state index is -2.95. The van der Waals surface area contributed by atoms with Gasteiger partial charge in [0.2, 0.25) is 0 Å². The number of hydrogen-bond acceptors (Lipinski definition) is 7. The Morgan fingerprint density at radius 1 is 1.28 bits per heavy atom. The van der Waals surface area contributed by atoms with E-state index in [1.54, 1.807) is 0 Å². The lowest BCUT2D eigenvalue weighted by molar-refractivity contribution is -0.0203. The molecule has 0 bridgehead atoms. The molecule has 0 spiro atoms. The highest BCUT2D eigenvalue weighted by atomic mass is 32.2. The number of anilines is 2. The van der Waals surface area contributed by atoms with Gasteiger partial charge in [0.25, 0.3) is 0 Å². The molecule has 0 amide bonds. The quantitative estimate of drug-likeness (QED) is 0.725. The lowest BCUT2D eigenvalue weighted by Gasteiger charge is -2.35. The highest BCUT2D eigenvalue weighted by Crippen LogP contribution is 2.24. The first-order valence-corrected chi connectivity index (χ1v) is 10.9. The van der Waals surface area contributed by atoms with E-state index >= 15 is 0 Å². The average molecular weight is 371 g/mol. The van der Waals surface area contributed by atoms with Gasteiger partial charge in [-0.25, -0.2) is 18.4 Å². The van der Waals surface area contributed by atoms with Gasteiger partial charge in [-0.2, -0.15) is 0 Å². The number of ether oxygens (including phenoxy) is 1. The van der Waals surface area contributed by atoms with Crippen LogP contribution in [0.2, 0.25) is 0 Å². The summed E-state index contributed by atoms with van der Waals surface area (Å²) in [5.41, 5.74) is 0. The van der Waals surface area contributed by atoms with E-state index in [4.69, 9.17) is 4.74 Å². The molecule has 1 aliphatic heterocycles. The molecule has 3 atom stereocenters. The fourth-order valence-corrected chi connectivity index (χ4v) is 3.82. The zero-order valence-corrected chi connectivity index (χ0v) is 16.3. The number of hydrogen-bond donors (Lipinski definition) is 2. The van der Waals surface area contributed by atoms with Crippen LogP contribution in [0.5, 0.6) is 0 Å². The molecule has 25 heavy (non-hydrogen) atoms. The first-order chi connectivity index (χ1) is 11.7. The molecule has 142 valence electrons. The van der Waals surface area contributed by atoms with Crippen LogP contribution in [0.3, 0.4) is 0 Å². The lowest BCUT2D eigenvalue weighted by atomic mass is 9.94. The second-order valence-corrected chi connectivity index (χ2v) is 9.48. The molecular weight excluding hydrogens is 340 g/mol. The van der Waals surface area contributed by atoms with Crippen molar-refractivity contribution in [1.29, 1.82) is 0 Å². The lowest BCUT2D eigenvalue weighted by Crippen LogP contribution is -2.43. The summed E-state index contributed by atoms with van der Waals surface area (Å²) in [5, 5.41) is 6.71. The Morgan fingerprint density at radius 2 is 2.00 bits per heavy atom. The van der Waals surface area contributed by atoms with E-state index in [0.29, 0.717) is 18.2 Å². The summed E-state index contributed by atoms with van der Waals surface area (Å²) in [6.07, 6.45) is 5.58. The van der Waals surface area contributed by atoms with Crippen molar-refractivity contribution >= 4 is 21.5 Å². The summed E-state index contributed by atoms with van der Waals surface area (Å²) in [6.45, 7) is 7.10. The van der Waals surface area contributed by atoms with Crippen molar-refractivity contribution in [2.24, 2.45) is 5.92 Å². The maximum atomic E-state index is 11.3. The predicted octanol–water partition coefficient (Wildman–Crippen LogP) is 2.33. The fraction of sp³-hybridized carbons (Fsp3) is 0.765. The Bertz CT molecular complexity index is 651. The van der Waals surface area contributed by atoms with Gasteiger partial charge in [-0.15, -0.1) is 0 Å². The van der Waals surface area contributed by atoms with Crippen LogP contribution in [-0.4, -0.2) is 55.2 Å². The van der Waals surface area contributed by atoms with Crippen LogP contribution in [0.1, 0.15) is 40.0 Å². The molecule has 8 heteroatoms. The van der Waals surface area contributed by atoms with Gasteiger partial charge in [0.05, 0.1) is 17.9 Å². The van der Waals surface area contributed by atoms with Crippen molar-refractivity contribution < 1.29 is 13.2 Å². The van der Waals surface area contributed by atoms with Gasteiger partial charge in [-0.05, 0) is 32.1 Å². The van der Waals surface area contributed by atoms with Crippen molar-refractivity contribution in [1.82, 2.24) is 9.97 Å². The minimum Gasteiger partial charge on any atom is -0.376 e. The minimum absolute atomic E-state index is 0.0129. The van der Waals surface area contributed by atoms with Gasteiger partial charge in [0, 0.05) is 25.0 Å². The van der Waals surface area contributed by atoms with Crippen LogP contribution in [-0.2, 0) is 14.6 Å². The zero-order chi connectivity index (χ0) is 18.4. The van der Waals surface area contributed by atoms with Gasteiger partial charge in [-0.1, -0.05) is 13.8 Å². The van der Waals surface area contributed by atoms with E-state index in [9.17, 15) is 8.42 Å². The van der Waals surface area contributed by atoms with E-state index in [0.717, 1.165) is 25.3 Å². The third kappa shape index (κ3) is 6.78. The Morgan fingerprint density at radius 3 is 2.68 bits per heavy atom. The van der Waals surface area contributed by atoms with Gasteiger partial charge >= 0.3 is 0 Å². The van der Waals surface area contributed by atoms with E-state index in [1.807, 2.05) is 13.0 Å². The zero-order valence-electron chi connectivity index (χ0n) is 15.5. The summed E-state index contributed by atoms with van der Waals surface area (Å²) in [5.74, 6) is 2.05. The fourth-order valence-electron chi connectivity index (χ4n) is 3.04. The Labute approximate surface area is 150 Å². The maximum absolute atomic E-state index is 11.3. The van der Waals surface area contributed by atoms with Gasteiger partial charge in [-0.3, -0.25) is 0 Å². The summed E-state index contributed by atoms with van der Waals surface area (Å²) < 4.78 is 28.5. The van der Waals surface area contributed by atoms with Gasteiger partial charge in [0.15, 0.2) is 0 Å². The molecule has 0 unspecified atom stereocenters. The molecule has 1 fully saturated rings. The summed E-state index contributed by atoms with van der Waals surface area (Å²) in [7, 11) is -2.95. The van der Waals surface area contributed by atoms with E-state index in [1.165, 1.54) is 12.6 Å². The number of nitrogens with zero attached hydrogens (tertiary/aromatic N) is 2. The Kier molecular flexibility index (Phi) is 7.01. The highest BCUT2D eigenvalue weighted by Gasteiger charge is 2.28. The first-order valence-electron chi connectivity index (χ1n) is 8.89. The SMILES string of the molecule is CC(C)[C@@H]1OCCC[C@@H]1Nc1cc(N[C@H](C)CCS(C)(=O)=O)ncn1. The van der Waals surface area contributed by atoms with Crippen molar-refractivity contribution in [2.75, 3.05) is 29.2 Å². The molecule has 2 rings (SSSR count). The smallest absolute Gasteiger partial charge is 0.147 e. The third-order valence-corrected chi connectivity index (χ3v) is 5.32. The van der Waals surface area contributed by atoms with Crippen molar-refractivity contribution in [3.05, 3.63) is 12.4 Å². The monoisotopic (exact) mass is 370 g/mol. The van der Waals surface area contributed by atoms with E-state index < -0.39 is 9.84 Å². The van der Waals surface area contributed by atoms with Gasteiger partial charge in [0.1, 0.15) is 27.8 Å². The predicted molar refractivity (Wildman–Crippen MR) is 101 cm³/mol. The van der Waals surface area contributed by atoms with Crippen LogP contribution < -0.4 is 10.6 Å². The number of nitrogens with one attached hydrogen (secondary N) is 2. The topological polar surface area (TPSA) is 93.2 Å². The molecule has 1 aromatic rings. The second kappa shape index (κ2) is 8.80. The summed E-state index contributed by atoms with van der Waals surface area (Å²) >= 11 is 0. The molecule has 1 aromatic heterocycles. The van der Waals surface area contributed by atoms with Crippen molar-refractivity contribution in [3.8, 4) is 0 Å². The molecule has 2 heterocycles. The second-order valence-electron chi connectivity index (χ2n) is 7.22. The normalized spacial score (nSPS) is 22.6.